The lowest BCUT2D eigenvalue weighted by Crippen LogP contribution is -2.22. The van der Waals surface area contributed by atoms with Crippen LogP contribution < -0.4 is 9.47 Å². The van der Waals surface area contributed by atoms with Crippen molar-refractivity contribution in [2.24, 2.45) is 0 Å². The zero-order valence-electron chi connectivity index (χ0n) is 11.6. The fourth-order valence-electron chi connectivity index (χ4n) is 2.16. The molecule has 4 nitrogen and oxygen atoms in total. The number of likely N-dealkylation sites (N-methyl/N-ethyl adjacent to an activating group) is 1. The first-order chi connectivity index (χ1) is 10.1. The maximum absolute atomic E-state index is 12.0. The highest BCUT2D eigenvalue weighted by Gasteiger charge is 2.29. The quantitative estimate of drug-likeness (QED) is 0.619. The van der Waals surface area contributed by atoms with Gasteiger partial charge in [0.05, 0.1) is 12.0 Å². The summed E-state index contributed by atoms with van der Waals surface area (Å²) in [7, 11) is 3.30. The molecule has 1 fully saturated rings. The van der Waals surface area contributed by atoms with Crippen LogP contribution in [0.3, 0.4) is 0 Å². The van der Waals surface area contributed by atoms with Gasteiger partial charge < -0.3 is 9.47 Å². The van der Waals surface area contributed by atoms with Crippen LogP contribution in [0.4, 0.5) is 0 Å². The van der Waals surface area contributed by atoms with E-state index in [9.17, 15) is 4.79 Å². The average molecular weight is 319 g/mol. The molecule has 0 atom stereocenters. The highest BCUT2D eigenvalue weighted by Crippen LogP contribution is 2.37. The molecule has 1 aromatic rings. The molecule has 0 aliphatic carbocycles. The first-order valence-corrected chi connectivity index (χ1v) is 7.54. The third-order valence-corrected chi connectivity index (χ3v) is 4.74. The van der Waals surface area contributed by atoms with E-state index in [0.717, 1.165) is 16.9 Å². The predicted octanol–water partition coefficient (Wildman–Crippen LogP) is 2.85. The molecular formula is C15H13NO3S2. The number of amides is 1. The number of carbonyl (C=O) groups is 1. The van der Waals surface area contributed by atoms with Crippen molar-refractivity contribution in [3.05, 3.63) is 40.3 Å². The van der Waals surface area contributed by atoms with Gasteiger partial charge in [-0.1, -0.05) is 36.1 Å². The van der Waals surface area contributed by atoms with Crippen LogP contribution in [0, 0.1) is 0 Å². The van der Waals surface area contributed by atoms with Crippen LogP contribution >= 0.6 is 24.0 Å². The molecule has 108 valence electrons. The van der Waals surface area contributed by atoms with Gasteiger partial charge in [-0.2, -0.15) is 0 Å². The maximum atomic E-state index is 12.0. The number of thiocarbonyl (C=S) groups is 1. The second kappa shape index (κ2) is 5.54. The third-order valence-electron chi connectivity index (χ3n) is 3.26. The molecule has 2 aliphatic rings. The van der Waals surface area contributed by atoms with Gasteiger partial charge in [0.2, 0.25) is 0 Å². The van der Waals surface area contributed by atoms with E-state index in [1.807, 2.05) is 30.4 Å². The van der Waals surface area contributed by atoms with Crippen molar-refractivity contribution in [2.75, 3.05) is 20.8 Å². The van der Waals surface area contributed by atoms with Crippen LogP contribution in [0.15, 0.2) is 34.8 Å². The van der Waals surface area contributed by atoms with Gasteiger partial charge in [0.1, 0.15) is 10.9 Å². The number of carbonyl (C=O) groups excluding carboxylic acids is 1. The summed E-state index contributed by atoms with van der Waals surface area (Å²) in [4.78, 5) is 14.1. The summed E-state index contributed by atoms with van der Waals surface area (Å²) < 4.78 is 11.6. The van der Waals surface area contributed by atoms with E-state index in [2.05, 4.69) is 0 Å². The van der Waals surface area contributed by atoms with Crippen LogP contribution in [0.5, 0.6) is 11.5 Å². The Morgan fingerprint density at radius 1 is 1.48 bits per heavy atom. The third kappa shape index (κ3) is 2.56. The summed E-state index contributed by atoms with van der Waals surface area (Å²) in [5.41, 5.74) is 1.88. The van der Waals surface area contributed by atoms with Gasteiger partial charge in [0.25, 0.3) is 5.91 Å². The number of nitrogens with zero attached hydrogens (tertiary/aromatic N) is 1. The van der Waals surface area contributed by atoms with Crippen molar-refractivity contribution < 1.29 is 14.3 Å². The van der Waals surface area contributed by atoms with Crippen molar-refractivity contribution >= 4 is 40.3 Å². The highest BCUT2D eigenvalue weighted by atomic mass is 32.2. The Morgan fingerprint density at radius 2 is 2.29 bits per heavy atom. The zero-order valence-corrected chi connectivity index (χ0v) is 13.2. The Kier molecular flexibility index (Phi) is 3.73. The fourth-order valence-corrected chi connectivity index (χ4v) is 3.35. The Balaban J connectivity index is 1.93. The molecule has 21 heavy (non-hydrogen) atoms. The lowest BCUT2D eigenvalue weighted by Gasteiger charge is -2.18. The topological polar surface area (TPSA) is 38.8 Å². The minimum Gasteiger partial charge on any atom is -0.493 e. The smallest absolute Gasteiger partial charge is 0.265 e. The van der Waals surface area contributed by atoms with Crippen molar-refractivity contribution in [2.45, 2.75) is 0 Å². The normalized spacial score (nSPS) is 19.4. The molecule has 2 heterocycles. The Hall–Kier alpha value is -1.79. The summed E-state index contributed by atoms with van der Waals surface area (Å²) in [6.07, 6.45) is 3.84. The number of ether oxygens (including phenoxy) is 2. The molecule has 0 unspecified atom stereocenters. The summed E-state index contributed by atoms with van der Waals surface area (Å²) in [5, 5.41) is 0. The van der Waals surface area contributed by atoms with Crippen molar-refractivity contribution in [3.8, 4) is 11.5 Å². The van der Waals surface area contributed by atoms with Gasteiger partial charge in [-0.05, 0) is 23.8 Å². The number of hydrogen-bond donors (Lipinski definition) is 0. The standard InChI is InChI=1S/C15H13NO3S2/c1-16-14(17)12(21-15(16)20)7-9-6-10-4-3-5-11(18-2)13(10)19-8-9/h3-7H,8H2,1-2H3. The number of thioether (sulfide) groups is 1. The second-order valence-corrected chi connectivity index (χ2v) is 6.30. The van der Waals surface area contributed by atoms with E-state index >= 15 is 0 Å². The molecule has 1 aromatic carbocycles. The number of rotatable bonds is 2. The SMILES string of the molecule is COc1cccc2c1OCC(C=C1SC(=S)N(C)C1=O)=C2. The molecule has 1 saturated heterocycles. The minimum absolute atomic E-state index is 0.0673. The van der Waals surface area contributed by atoms with E-state index in [1.165, 1.54) is 16.7 Å². The van der Waals surface area contributed by atoms with E-state index in [4.69, 9.17) is 21.7 Å². The predicted molar refractivity (Wildman–Crippen MR) is 87.5 cm³/mol. The summed E-state index contributed by atoms with van der Waals surface area (Å²) in [6.45, 7) is 0.404. The molecule has 0 bridgehead atoms. The Bertz CT molecular complexity index is 694. The fraction of sp³-hybridized carbons (Fsp3) is 0.200. The van der Waals surface area contributed by atoms with Gasteiger partial charge in [0, 0.05) is 12.6 Å². The summed E-state index contributed by atoms with van der Waals surface area (Å²) in [6, 6.07) is 5.72. The number of benzene rings is 1. The van der Waals surface area contributed by atoms with Gasteiger partial charge in [-0.15, -0.1) is 0 Å². The number of fused-ring (bicyclic) bond motifs is 1. The van der Waals surface area contributed by atoms with E-state index in [1.54, 1.807) is 14.2 Å². The van der Waals surface area contributed by atoms with Crippen LogP contribution in [-0.2, 0) is 4.79 Å². The van der Waals surface area contributed by atoms with Crippen molar-refractivity contribution in [3.63, 3.8) is 0 Å². The highest BCUT2D eigenvalue weighted by molar-refractivity contribution is 8.26. The molecular weight excluding hydrogens is 306 g/mol. The molecule has 0 radical (unpaired) electrons. The molecule has 6 heteroatoms. The molecule has 3 rings (SSSR count). The van der Waals surface area contributed by atoms with Gasteiger partial charge in [-0.3, -0.25) is 9.69 Å². The Labute approximate surface area is 132 Å². The van der Waals surface area contributed by atoms with E-state index < -0.39 is 0 Å². The molecule has 2 aliphatic heterocycles. The largest absolute Gasteiger partial charge is 0.493 e. The van der Waals surface area contributed by atoms with Crippen LogP contribution in [0.25, 0.3) is 6.08 Å². The monoisotopic (exact) mass is 319 g/mol. The van der Waals surface area contributed by atoms with Gasteiger partial charge >= 0.3 is 0 Å². The summed E-state index contributed by atoms with van der Waals surface area (Å²) >= 11 is 6.43. The summed E-state index contributed by atoms with van der Waals surface area (Å²) in [5.74, 6) is 1.38. The van der Waals surface area contributed by atoms with Crippen LogP contribution in [0.2, 0.25) is 0 Å². The molecule has 0 saturated carbocycles. The molecule has 1 amide bonds. The minimum atomic E-state index is -0.0673. The van der Waals surface area contributed by atoms with Gasteiger partial charge in [-0.25, -0.2) is 0 Å². The number of hydrogen-bond acceptors (Lipinski definition) is 5. The Morgan fingerprint density at radius 3 is 2.95 bits per heavy atom. The maximum Gasteiger partial charge on any atom is 0.265 e. The lowest BCUT2D eigenvalue weighted by atomic mass is 10.1. The van der Waals surface area contributed by atoms with Crippen LogP contribution in [-0.4, -0.2) is 35.9 Å². The van der Waals surface area contributed by atoms with Gasteiger partial charge in [0.15, 0.2) is 11.5 Å². The first kappa shape index (κ1) is 14.2. The second-order valence-electron chi connectivity index (χ2n) is 4.63. The number of methoxy groups -OCH3 is 1. The number of para-hydroxylation sites is 1. The van der Waals surface area contributed by atoms with E-state index in [0.29, 0.717) is 21.6 Å². The van der Waals surface area contributed by atoms with E-state index in [-0.39, 0.29) is 5.91 Å². The first-order valence-electron chi connectivity index (χ1n) is 6.32. The molecule has 0 spiro atoms. The molecule has 0 aromatic heterocycles. The zero-order chi connectivity index (χ0) is 15.0. The van der Waals surface area contributed by atoms with Crippen molar-refractivity contribution in [1.29, 1.82) is 0 Å². The lowest BCUT2D eigenvalue weighted by molar-refractivity contribution is -0.121. The average Bonchev–Trinajstić information content (AvgIpc) is 2.73. The molecule has 0 N–H and O–H groups in total. The van der Waals surface area contributed by atoms with Crippen molar-refractivity contribution in [1.82, 2.24) is 4.90 Å². The van der Waals surface area contributed by atoms with Crippen LogP contribution in [0.1, 0.15) is 5.56 Å².